The molecule has 1 atom stereocenters. The van der Waals surface area contributed by atoms with Crippen molar-refractivity contribution in [3.63, 3.8) is 0 Å². The van der Waals surface area contributed by atoms with E-state index in [0.717, 1.165) is 21.3 Å². The van der Waals surface area contributed by atoms with Crippen LogP contribution < -0.4 is 10.1 Å². The normalized spacial score (nSPS) is 11.8. The first-order valence-corrected chi connectivity index (χ1v) is 7.52. The minimum Gasteiger partial charge on any atom is -0.496 e. The summed E-state index contributed by atoms with van der Waals surface area (Å²) in [6, 6.07) is 13.1. The predicted molar refractivity (Wildman–Crippen MR) is 87.8 cm³/mol. The van der Waals surface area contributed by atoms with Crippen molar-refractivity contribution in [1.82, 2.24) is 5.32 Å². The molecule has 3 nitrogen and oxygen atoms in total. The van der Waals surface area contributed by atoms with E-state index in [0.29, 0.717) is 5.56 Å². The zero-order chi connectivity index (χ0) is 15.4. The largest absolute Gasteiger partial charge is 0.496 e. The van der Waals surface area contributed by atoms with Crippen LogP contribution in [0.3, 0.4) is 0 Å². The molecular formula is C17H18BrNO2. The number of carbonyl (C=O) groups is 1. The van der Waals surface area contributed by atoms with Crippen molar-refractivity contribution < 1.29 is 9.53 Å². The standard InChI is InChI=1S/C17H18BrNO2/c1-11-8-9-13(10-15(11)18)17(20)19-12(2)14-6-4-5-7-16(14)21-3/h4-10,12H,1-3H3,(H,19,20). The number of hydrogen-bond donors (Lipinski definition) is 1. The van der Waals surface area contributed by atoms with E-state index >= 15 is 0 Å². The van der Waals surface area contributed by atoms with Crippen LogP contribution in [-0.4, -0.2) is 13.0 Å². The van der Waals surface area contributed by atoms with Crippen molar-refractivity contribution in [2.45, 2.75) is 19.9 Å². The zero-order valence-electron chi connectivity index (χ0n) is 12.3. The SMILES string of the molecule is COc1ccccc1C(C)NC(=O)c1ccc(C)c(Br)c1. The van der Waals surface area contributed by atoms with Crippen LogP contribution in [0.5, 0.6) is 5.75 Å². The molecule has 0 bridgehead atoms. The summed E-state index contributed by atoms with van der Waals surface area (Å²) in [4.78, 5) is 12.3. The molecule has 0 aliphatic heterocycles. The molecule has 0 aliphatic carbocycles. The van der Waals surface area contributed by atoms with Crippen LogP contribution in [-0.2, 0) is 0 Å². The van der Waals surface area contributed by atoms with Gasteiger partial charge < -0.3 is 10.1 Å². The third-order valence-corrected chi connectivity index (χ3v) is 4.24. The monoisotopic (exact) mass is 347 g/mol. The Labute approximate surface area is 133 Å². The lowest BCUT2D eigenvalue weighted by atomic mass is 10.1. The second-order valence-corrected chi connectivity index (χ2v) is 5.76. The number of rotatable bonds is 4. The van der Waals surface area contributed by atoms with E-state index in [9.17, 15) is 4.79 Å². The second kappa shape index (κ2) is 6.76. The summed E-state index contributed by atoms with van der Waals surface area (Å²) >= 11 is 3.45. The summed E-state index contributed by atoms with van der Waals surface area (Å²) in [5.41, 5.74) is 2.69. The van der Waals surface area contributed by atoms with Gasteiger partial charge in [0.25, 0.3) is 5.91 Å². The van der Waals surface area contributed by atoms with Crippen molar-refractivity contribution in [2.24, 2.45) is 0 Å². The molecule has 1 unspecified atom stereocenters. The Morgan fingerprint density at radius 2 is 1.95 bits per heavy atom. The smallest absolute Gasteiger partial charge is 0.251 e. The van der Waals surface area contributed by atoms with E-state index in [2.05, 4.69) is 21.2 Å². The highest BCUT2D eigenvalue weighted by Crippen LogP contribution is 2.25. The molecule has 2 aromatic rings. The maximum Gasteiger partial charge on any atom is 0.251 e. The number of hydrogen-bond acceptors (Lipinski definition) is 2. The predicted octanol–water partition coefficient (Wildman–Crippen LogP) is 4.26. The summed E-state index contributed by atoms with van der Waals surface area (Å²) in [5, 5.41) is 2.99. The molecule has 0 radical (unpaired) electrons. The molecule has 0 fully saturated rings. The van der Waals surface area contributed by atoms with Gasteiger partial charge in [-0.3, -0.25) is 4.79 Å². The number of methoxy groups -OCH3 is 1. The van der Waals surface area contributed by atoms with Gasteiger partial charge in [0.15, 0.2) is 0 Å². The summed E-state index contributed by atoms with van der Waals surface area (Å²) in [5.74, 6) is 0.671. The molecule has 0 spiro atoms. The first-order valence-electron chi connectivity index (χ1n) is 6.73. The fourth-order valence-electron chi connectivity index (χ4n) is 2.12. The van der Waals surface area contributed by atoms with Crippen molar-refractivity contribution in [3.8, 4) is 5.75 Å². The third-order valence-electron chi connectivity index (χ3n) is 3.39. The number of ether oxygens (including phenoxy) is 1. The van der Waals surface area contributed by atoms with Gasteiger partial charge >= 0.3 is 0 Å². The van der Waals surface area contributed by atoms with Crippen LogP contribution in [0.25, 0.3) is 0 Å². The summed E-state index contributed by atoms with van der Waals surface area (Å²) in [6.45, 7) is 3.93. The highest BCUT2D eigenvalue weighted by Gasteiger charge is 2.15. The van der Waals surface area contributed by atoms with Crippen molar-refractivity contribution >= 4 is 21.8 Å². The van der Waals surface area contributed by atoms with Crippen LogP contribution >= 0.6 is 15.9 Å². The summed E-state index contributed by atoms with van der Waals surface area (Å²) < 4.78 is 6.26. The van der Waals surface area contributed by atoms with Crippen LogP contribution in [0.2, 0.25) is 0 Å². The molecule has 0 saturated heterocycles. The molecular weight excluding hydrogens is 330 g/mol. The average Bonchev–Trinajstić information content (AvgIpc) is 2.49. The molecule has 2 aromatic carbocycles. The van der Waals surface area contributed by atoms with Gasteiger partial charge in [0.05, 0.1) is 13.2 Å². The lowest BCUT2D eigenvalue weighted by molar-refractivity contribution is 0.0939. The van der Waals surface area contributed by atoms with Crippen molar-refractivity contribution in [3.05, 3.63) is 63.6 Å². The van der Waals surface area contributed by atoms with Crippen LogP contribution in [0.15, 0.2) is 46.9 Å². The molecule has 0 aliphatic rings. The first-order chi connectivity index (χ1) is 10.0. The summed E-state index contributed by atoms with van der Waals surface area (Å²) in [6.07, 6.45) is 0. The Kier molecular flexibility index (Phi) is 5.02. The van der Waals surface area contributed by atoms with E-state index in [4.69, 9.17) is 4.74 Å². The van der Waals surface area contributed by atoms with Crippen LogP contribution in [0, 0.1) is 6.92 Å². The van der Waals surface area contributed by atoms with E-state index < -0.39 is 0 Å². The van der Waals surface area contributed by atoms with Crippen LogP contribution in [0.1, 0.15) is 34.5 Å². The number of carbonyl (C=O) groups excluding carboxylic acids is 1. The zero-order valence-corrected chi connectivity index (χ0v) is 13.9. The van der Waals surface area contributed by atoms with Gasteiger partial charge in [-0.2, -0.15) is 0 Å². The fourth-order valence-corrected chi connectivity index (χ4v) is 2.49. The quantitative estimate of drug-likeness (QED) is 0.897. The maximum atomic E-state index is 12.3. The molecule has 2 rings (SSSR count). The van der Waals surface area contributed by atoms with Gasteiger partial charge in [0, 0.05) is 15.6 Å². The van der Waals surface area contributed by atoms with E-state index in [1.807, 2.05) is 56.3 Å². The topological polar surface area (TPSA) is 38.3 Å². The molecule has 1 amide bonds. The van der Waals surface area contributed by atoms with Gasteiger partial charge in [0.2, 0.25) is 0 Å². The Hall–Kier alpha value is -1.81. The number of halogens is 1. The van der Waals surface area contributed by atoms with Gasteiger partial charge in [0.1, 0.15) is 5.75 Å². The number of amides is 1. The second-order valence-electron chi connectivity index (χ2n) is 4.90. The Bertz CT molecular complexity index is 655. The van der Waals surface area contributed by atoms with Gasteiger partial charge in [-0.1, -0.05) is 40.2 Å². The number of aryl methyl sites for hydroxylation is 1. The molecule has 110 valence electrons. The Morgan fingerprint density at radius 1 is 1.24 bits per heavy atom. The van der Waals surface area contributed by atoms with Crippen molar-refractivity contribution in [2.75, 3.05) is 7.11 Å². The van der Waals surface area contributed by atoms with E-state index in [-0.39, 0.29) is 11.9 Å². The Balaban J connectivity index is 2.16. The molecule has 0 aromatic heterocycles. The minimum atomic E-state index is -0.131. The highest BCUT2D eigenvalue weighted by atomic mass is 79.9. The van der Waals surface area contributed by atoms with Gasteiger partial charge in [-0.15, -0.1) is 0 Å². The number of nitrogens with one attached hydrogen (secondary N) is 1. The van der Waals surface area contributed by atoms with Crippen LogP contribution in [0.4, 0.5) is 0 Å². The van der Waals surface area contributed by atoms with E-state index in [1.54, 1.807) is 7.11 Å². The molecule has 1 N–H and O–H groups in total. The lowest BCUT2D eigenvalue weighted by Crippen LogP contribution is -2.26. The average molecular weight is 348 g/mol. The highest BCUT2D eigenvalue weighted by molar-refractivity contribution is 9.10. The minimum absolute atomic E-state index is 0.103. The Morgan fingerprint density at radius 3 is 2.62 bits per heavy atom. The molecule has 21 heavy (non-hydrogen) atoms. The number of para-hydroxylation sites is 1. The van der Waals surface area contributed by atoms with Gasteiger partial charge in [-0.05, 0) is 37.6 Å². The third kappa shape index (κ3) is 3.64. The molecule has 0 heterocycles. The van der Waals surface area contributed by atoms with Gasteiger partial charge in [-0.25, -0.2) is 0 Å². The summed E-state index contributed by atoms with van der Waals surface area (Å²) in [7, 11) is 1.63. The molecule has 0 saturated carbocycles. The molecule has 4 heteroatoms. The lowest BCUT2D eigenvalue weighted by Gasteiger charge is -2.17. The van der Waals surface area contributed by atoms with Crippen molar-refractivity contribution in [1.29, 1.82) is 0 Å². The maximum absolute atomic E-state index is 12.3. The van der Waals surface area contributed by atoms with E-state index in [1.165, 1.54) is 0 Å². The first kappa shape index (κ1) is 15.6. The number of benzene rings is 2. The fraction of sp³-hybridized carbons (Fsp3) is 0.235.